The van der Waals surface area contributed by atoms with Gasteiger partial charge in [0.05, 0.1) is 0 Å². The quantitative estimate of drug-likeness (QED) is 0.683. The average Bonchev–Trinajstić information content (AvgIpc) is 2.70. The van der Waals surface area contributed by atoms with Crippen molar-refractivity contribution in [1.82, 2.24) is 20.1 Å². The van der Waals surface area contributed by atoms with Crippen LogP contribution in [0.4, 0.5) is 10.7 Å². The molecule has 8 heteroatoms. The molecule has 1 unspecified atom stereocenters. The van der Waals surface area contributed by atoms with Crippen LogP contribution in [0.2, 0.25) is 0 Å². The van der Waals surface area contributed by atoms with Crippen molar-refractivity contribution in [3.63, 3.8) is 0 Å². The van der Waals surface area contributed by atoms with Crippen LogP contribution in [0.25, 0.3) is 0 Å². The van der Waals surface area contributed by atoms with Crippen LogP contribution in [0.5, 0.6) is 0 Å². The van der Waals surface area contributed by atoms with Gasteiger partial charge in [0.2, 0.25) is 5.95 Å². The molecule has 1 aromatic rings. The summed E-state index contributed by atoms with van der Waals surface area (Å²) >= 11 is 0. The minimum atomic E-state index is -0.864. The topological polar surface area (TPSA) is 109 Å². The molecule has 0 aliphatic heterocycles. The Morgan fingerprint density at radius 1 is 1.56 bits per heavy atom. The first kappa shape index (κ1) is 13.9. The molecule has 3 N–H and O–H groups in total. The van der Waals surface area contributed by atoms with Crippen LogP contribution in [0.3, 0.4) is 0 Å². The monoisotopic (exact) mass is 255 g/mol. The smallest absolute Gasteiger partial charge is 0.321 e. The van der Waals surface area contributed by atoms with E-state index in [1.54, 1.807) is 7.05 Å². The summed E-state index contributed by atoms with van der Waals surface area (Å²) in [7, 11) is 1.65. The van der Waals surface area contributed by atoms with Crippen LogP contribution < -0.4 is 10.6 Å². The molecule has 1 atom stereocenters. The van der Waals surface area contributed by atoms with E-state index in [1.807, 2.05) is 6.92 Å². The maximum atomic E-state index is 11.5. The highest BCUT2D eigenvalue weighted by molar-refractivity contribution is 5.87. The van der Waals surface area contributed by atoms with Crippen LogP contribution in [-0.2, 0) is 11.8 Å². The molecule has 1 aromatic heterocycles. The zero-order chi connectivity index (χ0) is 13.5. The average molecular weight is 255 g/mol. The Morgan fingerprint density at radius 3 is 2.78 bits per heavy atom. The van der Waals surface area contributed by atoms with Crippen molar-refractivity contribution in [3.8, 4) is 0 Å². The molecule has 0 fully saturated rings. The predicted molar refractivity (Wildman–Crippen MR) is 64.1 cm³/mol. The summed E-state index contributed by atoms with van der Waals surface area (Å²) in [4.78, 5) is 25.9. The summed E-state index contributed by atoms with van der Waals surface area (Å²) in [5.74, 6) is -0.608. The number of amides is 2. The van der Waals surface area contributed by atoms with Gasteiger partial charge in [-0.3, -0.25) is 10.1 Å². The lowest BCUT2D eigenvalue weighted by Crippen LogP contribution is -2.34. The minimum Gasteiger partial charge on any atom is -0.481 e. The first-order valence-corrected chi connectivity index (χ1v) is 5.63. The van der Waals surface area contributed by atoms with E-state index < -0.39 is 12.0 Å². The maximum absolute atomic E-state index is 11.5. The van der Waals surface area contributed by atoms with Crippen LogP contribution in [-0.4, -0.2) is 38.4 Å². The number of carboxylic acid groups (broad SMARTS) is 1. The Balaban J connectivity index is 2.36. The van der Waals surface area contributed by atoms with Gasteiger partial charge >= 0.3 is 12.0 Å². The Morgan fingerprint density at radius 2 is 2.28 bits per heavy atom. The van der Waals surface area contributed by atoms with Crippen molar-refractivity contribution in [3.05, 3.63) is 6.33 Å². The zero-order valence-electron chi connectivity index (χ0n) is 10.4. The van der Waals surface area contributed by atoms with Crippen molar-refractivity contribution in [1.29, 1.82) is 0 Å². The van der Waals surface area contributed by atoms with Crippen molar-refractivity contribution in [2.24, 2.45) is 13.0 Å². The van der Waals surface area contributed by atoms with Crippen molar-refractivity contribution < 1.29 is 14.7 Å². The zero-order valence-corrected chi connectivity index (χ0v) is 10.4. The maximum Gasteiger partial charge on any atom is 0.321 e. The van der Waals surface area contributed by atoms with E-state index in [0.717, 1.165) is 0 Å². The van der Waals surface area contributed by atoms with Gasteiger partial charge in [-0.05, 0) is 5.92 Å². The Kier molecular flexibility index (Phi) is 5.09. The predicted octanol–water partition coefficient (Wildman–Crippen LogP) is 0.437. The number of carbonyl (C=O) groups excluding carboxylic acids is 1. The van der Waals surface area contributed by atoms with Gasteiger partial charge in [0.1, 0.15) is 6.33 Å². The van der Waals surface area contributed by atoms with E-state index in [2.05, 4.69) is 20.7 Å². The molecule has 0 aliphatic carbocycles. The molecule has 18 heavy (non-hydrogen) atoms. The fourth-order valence-corrected chi connectivity index (χ4v) is 1.40. The number of aryl methyl sites for hydroxylation is 1. The second-order valence-corrected chi connectivity index (χ2v) is 3.91. The number of aromatic nitrogens is 3. The van der Waals surface area contributed by atoms with Crippen molar-refractivity contribution in [2.75, 3.05) is 11.9 Å². The Labute approximate surface area is 104 Å². The van der Waals surface area contributed by atoms with Gasteiger partial charge < -0.3 is 10.4 Å². The lowest BCUT2D eigenvalue weighted by atomic mass is 10.0. The molecular formula is C10H17N5O3. The molecule has 0 spiro atoms. The highest BCUT2D eigenvalue weighted by atomic mass is 16.4. The fourth-order valence-electron chi connectivity index (χ4n) is 1.40. The van der Waals surface area contributed by atoms with E-state index >= 15 is 0 Å². The van der Waals surface area contributed by atoms with Gasteiger partial charge in [-0.15, -0.1) is 0 Å². The van der Waals surface area contributed by atoms with Crippen LogP contribution in [0.1, 0.15) is 19.8 Å². The summed E-state index contributed by atoms with van der Waals surface area (Å²) in [6, 6.07) is -0.421. The van der Waals surface area contributed by atoms with Gasteiger partial charge in [0.25, 0.3) is 0 Å². The lowest BCUT2D eigenvalue weighted by Gasteiger charge is -2.13. The highest BCUT2D eigenvalue weighted by Crippen LogP contribution is 2.06. The van der Waals surface area contributed by atoms with Gasteiger partial charge in [0, 0.05) is 20.0 Å². The SMILES string of the molecule is CCC(CNC(=O)Nc1ncnn1C)CC(=O)O. The molecule has 1 rings (SSSR count). The van der Waals surface area contributed by atoms with Gasteiger partial charge in [-0.1, -0.05) is 13.3 Å². The second-order valence-electron chi connectivity index (χ2n) is 3.91. The fraction of sp³-hybridized carbons (Fsp3) is 0.600. The molecule has 0 radical (unpaired) electrons. The van der Waals surface area contributed by atoms with Crippen LogP contribution >= 0.6 is 0 Å². The molecule has 100 valence electrons. The third-order valence-electron chi connectivity index (χ3n) is 2.53. The lowest BCUT2D eigenvalue weighted by molar-refractivity contribution is -0.138. The summed E-state index contributed by atoms with van der Waals surface area (Å²) in [5.41, 5.74) is 0. The molecular weight excluding hydrogens is 238 g/mol. The third kappa shape index (κ3) is 4.40. The van der Waals surface area contributed by atoms with E-state index in [9.17, 15) is 9.59 Å². The number of nitrogens with zero attached hydrogens (tertiary/aromatic N) is 3. The molecule has 1 heterocycles. The molecule has 2 amide bonds. The molecule has 0 saturated carbocycles. The van der Waals surface area contributed by atoms with E-state index in [0.29, 0.717) is 18.9 Å². The first-order valence-electron chi connectivity index (χ1n) is 5.63. The third-order valence-corrected chi connectivity index (χ3v) is 2.53. The van der Waals surface area contributed by atoms with Gasteiger partial charge in [0.15, 0.2) is 0 Å². The Hall–Kier alpha value is -2.12. The number of urea groups is 1. The number of carboxylic acids is 1. The van der Waals surface area contributed by atoms with Crippen molar-refractivity contribution >= 4 is 17.9 Å². The van der Waals surface area contributed by atoms with Gasteiger partial charge in [-0.2, -0.15) is 10.1 Å². The van der Waals surface area contributed by atoms with Gasteiger partial charge in [-0.25, -0.2) is 9.48 Å². The normalized spacial score (nSPS) is 11.9. The second kappa shape index (κ2) is 6.58. The number of nitrogens with one attached hydrogen (secondary N) is 2. The van der Waals surface area contributed by atoms with Crippen LogP contribution in [0.15, 0.2) is 6.33 Å². The number of aliphatic carboxylic acids is 1. The number of anilines is 1. The van der Waals surface area contributed by atoms with Crippen molar-refractivity contribution in [2.45, 2.75) is 19.8 Å². The molecule has 0 aliphatic rings. The number of hydrogen-bond donors (Lipinski definition) is 3. The largest absolute Gasteiger partial charge is 0.481 e. The summed E-state index contributed by atoms with van der Waals surface area (Å²) in [6.07, 6.45) is 2.06. The van der Waals surface area contributed by atoms with Crippen LogP contribution in [0, 0.1) is 5.92 Å². The number of rotatable bonds is 6. The Bertz CT molecular complexity index is 417. The molecule has 0 bridgehead atoms. The number of hydrogen-bond acceptors (Lipinski definition) is 4. The standard InChI is InChI=1S/C10H17N5O3/c1-3-7(4-8(16)17)5-11-10(18)14-9-12-6-13-15(9)2/h6-7H,3-5H2,1-2H3,(H,16,17)(H2,11,12,13,14,18). The van der Waals surface area contributed by atoms with E-state index in [1.165, 1.54) is 11.0 Å². The van der Waals surface area contributed by atoms with E-state index in [4.69, 9.17) is 5.11 Å². The molecule has 0 saturated heterocycles. The molecule has 8 nitrogen and oxygen atoms in total. The minimum absolute atomic E-state index is 0.0424. The number of carbonyl (C=O) groups is 2. The summed E-state index contributed by atoms with van der Waals surface area (Å²) < 4.78 is 1.42. The summed E-state index contributed by atoms with van der Waals surface area (Å²) in [6.45, 7) is 2.20. The first-order chi connectivity index (χ1) is 8.52. The van der Waals surface area contributed by atoms with E-state index in [-0.39, 0.29) is 12.3 Å². The summed E-state index contributed by atoms with van der Waals surface area (Å²) in [5, 5.41) is 17.6. The highest BCUT2D eigenvalue weighted by Gasteiger charge is 2.13. The molecule has 0 aromatic carbocycles.